The van der Waals surface area contributed by atoms with Crippen LogP contribution in [-0.4, -0.2) is 12.1 Å². The van der Waals surface area contributed by atoms with E-state index in [0.29, 0.717) is 26.9 Å². The smallest absolute Gasteiger partial charge is 0.271 e. The second-order valence-corrected chi connectivity index (χ2v) is 4.83. The molecule has 2 aromatic carbocycles. The van der Waals surface area contributed by atoms with Gasteiger partial charge in [-0.2, -0.15) is 5.10 Å². The summed E-state index contributed by atoms with van der Waals surface area (Å²) in [4.78, 5) is 11.8. The number of anilines is 1. The Morgan fingerprint density at radius 2 is 2.00 bits per heavy atom. The van der Waals surface area contributed by atoms with Crippen molar-refractivity contribution in [2.45, 2.75) is 0 Å². The molecule has 4 nitrogen and oxygen atoms in total. The summed E-state index contributed by atoms with van der Waals surface area (Å²) in [6.07, 6.45) is 1.45. The molecule has 0 aliphatic heterocycles. The molecule has 20 heavy (non-hydrogen) atoms. The minimum atomic E-state index is -0.348. The number of carbonyl (C=O) groups excluding carboxylic acids is 1. The second kappa shape index (κ2) is 6.41. The number of hydrazone groups is 1. The zero-order valence-corrected chi connectivity index (χ0v) is 11.8. The number of nitrogens with one attached hydrogen (secondary N) is 1. The molecule has 1 amide bonds. The molecule has 0 saturated heterocycles. The van der Waals surface area contributed by atoms with Crippen LogP contribution in [0, 0.1) is 0 Å². The number of amides is 1. The van der Waals surface area contributed by atoms with E-state index in [1.165, 1.54) is 6.21 Å². The summed E-state index contributed by atoms with van der Waals surface area (Å²) in [5, 5.41) is 4.84. The summed E-state index contributed by atoms with van der Waals surface area (Å²) in [7, 11) is 0. The minimum absolute atomic E-state index is 0.348. The summed E-state index contributed by atoms with van der Waals surface area (Å²) in [5.41, 5.74) is 9.61. The van der Waals surface area contributed by atoms with Gasteiger partial charge in [-0.3, -0.25) is 4.79 Å². The van der Waals surface area contributed by atoms with Gasteiger partial charge in [0.25, 0.3) is 5.91 Å². The molecule has 0 bridgehead atoms. The Balaban J connectivity index is 2.04. The third kappa shape index (κ3) is 3.73. The Morgan fingerprint density at radius 1 is 1.20 bits per heavy atom. The van der Waals surface area contributed by atoms with Crippen molar-refractivity contribution >= 4 is 41.0 Å². The van der Waals surface area contributed by atoms with E-state index in [1.807, 2.05) is 0 Å². The van der Waals surface area contributed by atoms with Crippen molar-refractivity contribution in [1.82, 2.24) is 5.43 Å². The van der Waals surface area contributed by atoms with Crippen LogP contribution in [0.1, 0.15) is 15.9 Å². The fourth-order valence-electron chi connectivity index (χ4n) is 1.51. The highest BCUT2D eigenvalue weighted by Gasteiger charge is 2.04. The molecule has 0 aliphatic rings. The highest BCUT2D eigenvalue weighted by atomic mass is 35.5. The van der Waals surface area contributed by atoms with E-state index in [-0.39, 0.29) is 5.91 Å². The SMILES string of the molecule is Nc1cccc(C(=O)N/N=C\c2ccc(Cl)cc2Cl)c1. The molecule has 2 rings (SSSR count). The van der Waals surface area contributed by atoms with Gasteiger partial charge in [0.1, 0.15) is 0 Å². The van der Waals surface area contributed by atoms with Crippen molar-refractivity contribution < 1.29 is 4.79 Å². The molecule has 0 spiro atoms. The average molecular weight is 308 g/mol. The van der Waals surface area contributed by atoms with Crippen LogP contribution in [0.2, 0.25) is 10.0 Å². The molecule has 0 atom stereocenters. The van der Waals surface area contributed by atoms with E-state index < -0.39 is 0 Å². The lowest BCUT2D eigenvalue weighted by molar-refractivity contribution is 0.0955. The number of halogens is 2. The summed E-state index contributed by atoms with van der Waals surface area (Å²) in [5.74, 6) is -0.348. The maximum Gasteiger partial charge on any atom is 0.271 e. The number of nitrogen functional groups attached to an aromatic ring is 1. The third-order valence-electron chi connectivity index (χ3n) is 2.48. The molecule has 0 fully saturated rings. The van der Waals surface area contributed by atoms with Gasteiger partial charge in [-0.05, 0) is 30.3 Å². The predicted molar refractivity (Wildman–Crippen MR) is 82.4 cm³/mol. The first-order valence-electron chi connectivity index (χ1n) is 5.70. The highest BCUT2D eigenvalue weighted by Crippen LogP contribution is 2.19. The number of nitrogens with zero attached hydrogens (tertiary/aromatic N) is 1. The molecule has 6 heteroatoms. The Bertz CT molecular complexity index is 671. The van der Waals surface area contributed by atoms with Gasteiger partial charge in [0.15, 0.2) is 0 Å². The van der Waals surface area contributed by atoms with Crippen LogP contribution >= 0.6 is 23.2 Å². The number of rotatable bonds is 3. The van der Waals surface area contributed by atoms with Crippen molar-refractivity contribution in [1.29, 1.82) is 0 Å². The summed E-state index contributed by atoms with van der Waals surface area (Å²) < 4.78 is 0. The summed E-state index contributed by atoms with van der Waals surface area (Å²) >= 11 is 11.8. The topological polar surface area (TPSA) is 67.5 Å². The number of carbonyl (C=O) groups is 1. The molecule has 0 aromatic heterocycles. The quantitative estimate of drug-likeness (QED) is 0.519. The normalized spacial score (nSPS) is 10.7. The zero-order chi connectivity index (χ0) is 14.5. The van der Waals surface area contributed by atoms with Gasteiger partial charge in [-0.15, -0.1) is 0 Å². The van der Waals surface area contributed by atoms with Crippen LogP contribution < -0.4 is 11.2 Å². The third-order valence-corrected chi connectivity index (χ3v) is 3.04. The van der Waals surface area contributed by atoms with Crippen LogP contribution in [0.5, 0.6) is 0 Å². The number of hydrogen-bond donors (Lipinski definition) is 2. The molecule has 0 unspecified atom stereocenters. The van der Waals surface area contributed by atoms with Gasteiger partial charge in [0.2, 0.25) is 0 Å². The maximum atomic E-state index is 11.8. The fraction of sp³-hybridized carbons (Fsp3) is 0. The molecule has 102 valence electrons. The molecular formula is C14H11Cl2N3O. The largest absolute Gasteiger partial charge is 0.399 e. The molecular weight excluding hydrogens is 297 g/mol. The van der Waals surface area contributed by atoms with E-state index >= 15 is 0 Å². The van der Waals surface area contributed by atoms with Crippen LogP contribution in [0.15, 0.2) is 47.6 Å². The van der Waals surface area contributed by atoms with E-state index in [1.54, 1.807) is 42.5 Å². The zero-order valence-electron chi connectivity index (χ0n) is 10.3. The number of nitrogens with two attached hydrogens (primary N) is 1. The van der Waals surface area contributed by atoms with Crippen molar-refractivity contribution in [2.75, 3.05) is 5.73 Å². The van der Waals surface area contributed by atoms with Crippen LogP contribution in [-0.2, 0) is 0 Å². The summed E-state index contributed by atoms with van der Waals surface area (Å²) in [6.45, 7) is 0. The van der Waals surface area contributed by atoms with E-state index in [4.69, 9.17) is 28.9 Å². The average Bonchev–Trinajstić information content (AvgIpc) is 2.41. The van der Waals surface area contributed by atoms with Gasteiger partial charge in [0.05, 0.1) is 11.2 Å². The minimum Gasteiger partial charge on any atom is -0.399 e. The molecule has 2 aromatic rings. The van der Waals surface area contributed by atoms with Crippen molar-refractivity contribution in [2.24, 2.45) is 5.10 Å². The van der Waals surface area contributed by atoms with Crippen molar-refractivity contribution in [3.63, 3.8) is 0 Å². The lowest BCUT2D eigenvalue weighted by Crippen LogP contribution is -2.17. The first-order valence-corrected chi connectivity index (χ1v) is 6.46. The Hall–Kier alpha value is -2.04. The molecule has 0 aliphatic carbocycles. The van der Waals surface area contributed by atoms with Crippen molar-refractivity contribution in [3.05, 3.63) is 63.6 Å². The van der Waals surface area contributed by atoms with Gasteiger partial charge >= 0.3 is 0 Å². The van der Waals surface area contributed by atoms with Crippen LogP contribution in [0.3, 0.4) is 0 Å². The van der Waals surface area contributed by atoms with Gasteiger partial charge in [-0.1, -0.05) is 35.3 Å². The molecule has 0 radical (unpaired) electrons. The molecule has 0 saturated carbocycles. The van der Waals surface area contributed by atoms with Crippen molar-refractivity contribution in [3.8, 4) is 0 Å². The van der Waals surface area contributed by atoms with Gasteiger partial charge in [0, 0.05) is 21.8 Å². The summed E-state index contributed by atoms with van der Waals surface area (Å²) in [6, 6.07) is 11.6. The number of benzene rings is 2. The van der Waals surface area contributed by atoms with E-state index in [0.717, 1.165) is 0 Å². The first-order chi connectivity index (χ1) is 9.56. The molecule has 3 N–H and O–H groups in total. The van der Waals surface area contributed by atoms with Crippen LogP contribution in [0.25, 0.3) is 0 Å². The standard InChI is InChI=1S/C14H11Cl2N3O/c15-11-5-4-10(13(16)7-11)8-18-19-14(20)9-2-1-3-12(17)6-9/h1-8H,17H2,(H,19,20)/b18-8-. The Kier molecular flexibility index (Phi) is 4.61. The van der Waals surface area contributed by atoms with E-state index in [2.05, 4.69) is 10.5 Å². The first kappa shape index (κ1) is 14.4. The Morgan fingerprint density at radius 3 is 2.70 bits per heavy atom. The number of hydrogen-bond acceptors (Lipinski definition) is 3. The van der Waals surface area contributed by atoms with Crippen LogP contribution in [0.4, 0.5) is 5.69 Å². The maximum absolute atomic E-state index is 11.8. The monoisotopic (exact) mass is 307 g/mol. The van der Waals surface area contributed by atoms with Gasteiger partial charge in [-0.25, -0.2) is 5.43 Å². The Labute approximate surface area is 126 Å². The molecule has 0 heterocycles. The lowest BCUT2D eigenvalue weighted by Gasteiger charge is -2.01. The highest BCUT2D eigenvalue weighted by molar-refractivity contribution is 6.36. The lowest BCUT2D eigenvalue weighted by atomic mass is 10.2. The second-order valence-electron chi connectivity index (χ2n) is 3.99. The predicted octanol–water partition coefficient (Wildman–Crippen LogP) is 3.34. The van der Waals surface area contributed by atoms with Gasteiger partial charge < -0.3 is 5.73 Å². The fourth-order valence-corrected chi connectivity index (χ4v) is 1.97. The van der Waals surface area contributed by atoms with E-state index in [9.17, 15) is 4.79 Å².